The van der Waals surface area contributed by atoms with Gasteiger partial charge >= 0.3 is 0 Å². The Morgan fingerprint density at radius 2 is 2.22 bits per heavy atom. The maximum Gasteiger partial charge on any atom is 0.216 e. The van der Waals surface area contributed by atoms with Gasteiger partial charge in [-0.05, 0) is 18.1 Å². The molecule has 1 aromatic carbocycles. The van der Waals surface area contributed by atoms with E-state index in [9.17, 15) is 8.42 Å². The average Bonchev–Trinajstić information content (AvgIpc) is 2.81. The lowest BCUT2D eigenvalue weighted by Gasteiger charge is -2.11. The molecule has 0 aliphatic carbocycles. The molecular weight excluding hydrogens is 252 g/mol. The van der Waals surface area contributed by atoms with Crippen molar-refractivity contribution in [2.24, 2.45) is 0 Å². The molecule has 1 unspecified atom stereocenters. The van der Waals surface area contributed by atoms with Crippen molar-refractivity contribution in [2.75, 3.05) is 13.2 Å². The third kappa shape index (κ3) is 3.29. The van der Waals surface area contributed by atoms with Crippen molar-refractivity contribution in [2.45, 2.75) is 18.2 Å². The van der Waals surface area contributed by atoms with Gasteiger partial charge in [0.2, 0.25) is 10.0 Å². The number of hydrogen-bond acceptors (Lipinski definition) is 4. The van der Waals surface area contributed by atoms with Crippen LogP contribution in [0.1, 0.15) is 17.5 Å². The van der Waals surface area contributed by atoms with Gasteiger partial charge in [-0.25, -0.2) is 13.1 Å². The smallest absolute Gasteiger partial charge is 0.216 e. The molecule has 1 heterocycles. The van der Waals surface area contributed by atoms with Gasteiger partial charge in [0.25, 0.3) is 0 Å². The first-order valence-electron chi connectivity index (χ1n) is 5.66. The highest BCUT2D eigenvalue weighted by atomic mass is 32.2. The van der Waals surface area contributed by atoms with Crippen LogP contribution in [0.2, 0.25) is 0 Å². The van der Waals surface area contributed by atoms with Gasteiger partial charge in [-0.1, -0.05) is 18.2 Å². The third-order valence-electron chi connectivity index (χ3n) is 2.76. The summed E-state index contributed by atoms with van der Waals surface area (Å²) < 4.78 is 31.6. The highest BCUT2D eigenvalue weighted by molar-refractivity contribution is 7.88. The van der Waals surface area contributed by atoms with Gasteiger partial charge in [-0.2, -0.15) is 5.26 Å². The molecule has 0 aromatic heterocycles. The number of nitrogens with zero attached hydrogens (tertiary/aromatic N) is 1. The molecule has 0 amide bonds. The van der Waals surface area contributed by atoms with Crippen molar-refractivity contribution >= 4 is 10.0 Å². The average molecular weight is 266 g/mol. The van der Waals surface area contributed by atoms with Crippen molar-refractivity contribution < 1.29 is 13.2 Å². The number of nitriles is 1. The first kappa shape index (κ1) is 13.0. The summed E-state index contributed by atoms with van der Waals surface area (Å²) in [6.45, 7) is 1.00. The van der Waals surface area contributed by atoms with Crippen molar-refractivity contribution in [3.05, 3.63) is 35.4 Å². The summed E-state index contributed by atoms with van der Waals surface area (Å²) >= 11 is 0. The van der Waals surface area contributed by atoms with Gasteiger partial charge in [0.15, 0.2) is 0 Å². The summed E-state index contributed by atoms with van der Waals surface area (Å²) in [4.78, 5) is 0. The Kier molecular flexibility index (Phi) is 3.97. The van der Waals surface area contributed by atoms with Crippen LogP contribution in [-0.4, -0.2) is 27.7 Å². The first-order valence-corrected chi connectivity index (χ1v) is 7.32. The quantitative estimate of drug-likeness (QED) is 0.873. The third-order valence-corrected chi connectivity index (χ3v) is 4.14. The van der Waals surface area contributed by atoms with E-state index in [1.54, 1.807) is 24.3 Å². The van der Waals surface area contributed by atoms with Gasteiger partial charge in [-0.3, -0.25) is 0 Å². The van der Waals surface area contributed by atoms with Crippen LogP contribution >= 0.6 is 0 Å². The van der Waals surface area contributed by atoms with E-state index in [1.807, 2.05) is 6.07 Å². The van der Waals surface area contributed by atoms with Crippen LogP contribution in [0.4, 0.5) is 0 Å². The van der Waals surface area contributed by atoms with E-state index in [0.29, 0.717) is 30.8 Å². The Labute approximate surface area is 106 Å². The van der Waals surface area contributed by atoms with Crippen LogP contribution < -0.4 is 4.72 Å². The van der Waals surface area contributed by atoms with E-state index in [-0.39, 0.29) is 11.8 Å². The molecular formula is C12H14N2O3S. The van der Waals surface area contributed by atoms with E-state index in [1.165, 1.54) is 0 Å². The molecule has 0 radical (unpaired) electrons. The molecule has 1 fully saturated rings. The molecule has 6 heteroatoms. The molecule has 96 valence electrons. The minimum atomic E-state index is -3.43. The van der Waals surface area contributed by atoms with E-state index < -0.39 is 10.0 Å². The topological polar surface area (TPSA) is 79.2 Å². The van der Waals surface area contributed by atoms with Crippen molar-refractivity contribution in [3.8, 4) is 6.07 Å². The molecule has 1 N–H and O–H groups in total. The number of sulfonamides is 1. The summed E-state index contributed by atoms with van der Waals surface area (Å²) in [6, 6.07) is 8.56. The van der Waals surface area contributed by atoms with Gasteiger partial charge in [0.05, 0.1) is 24.0 Å². The molecule has 0 spiro atoms. The zero-order valence-electron chi connectivity index (χ0n) is 9.80. The fourth-order valence-corrected chi connectivity index (χ4v) is 3.32. The standard InChI is InChI=1S/C12H14N2O3S/c13-7-10-3-1-2-4-11(10)9-18(15,16)14-12-5-6-17-8-12/h1-4,12,14H,5-6,8-9H2. The van der Waals surface area contributed by atoms with Gasteiger partial charge in [-0.15, -0.1) is 0 Å². The molecule has 0 saturated carbocycles. The molecule has 0 bridgehead atoms. The normalized spacial score (nSPS) is 19.6. The lowest BCUT2D eigenvalue weighted by atomic mass is 10.1. The molecule has 1 atom stereocenters. The molecule has 5 nitrogen and oxygen atoms in total. The Hall–Kier alpha value is -1.42. The Balaban J connectivity index is 2.10. The van der Waals surface area contributed by atoms with E-state index >= 15 is 0 Å². The SMILES string of the molecule is N#Cc1ccccc1CS(=O)(=O)NC1CCOC1. The number of benzene rings is 1. The molecule has 2 rings (SSSR count). The maximum absolute atomic E-state index is 11.9. The summed E-state index contributed by atoms with van der Waals surface area (Å²) in [6.07, 6.45) is 0.694. The van der Waals surface area contributed by atoms with Gasteiger partial charge < -0.3 is 4.74 Å². The van der Waals surface area contributed by atoms with Gasteiger partial charge in [0, 0.05) is 12.6 Å². The van der Waals surface area contributed by atoms with Gasteiger partial charge in [0.1, 0.15) is 0 Å². The van der Waals surface area contributed by atoms with Crippen LogP contribution in [0.3, 0.4) is 0 Å². The van der Waals surface area contributed by atoms with Crippen LogP contribution in [0.15, 0.2) is 24.3 Å². The molecule has 1 aromatic rings. The van der Waals surface area contributed by atoms with Crippen molar-refractivity contribution in [1.29, 1.82) is 5.26 Å². The zero-order chi connectivity index (χ0) is 13.0. The van der Waals surface area contributed by atoms with E-state index in [4.69, 9.17) is 10.00 Å². The molecule has 1 aliphatic rings. The van der Waals surface area contributed by atoms with Crippen LogP contribution in [0, 0.1) is 11.3 Å². The zero-order valence-corrected chi connectivity index (χ0v) is 10.6. The highest BCUT2D eigenvalue weighted by Gasteiger charge is 2.22. The second-order valence-electron chi connectivity index (χ2n) is 4.21. The molecule has 1 aliphatic heterocycles. The fraction of sp³-hybridized carbons (Fsp3) is 0.417. The summed E-state index contributed by atoms with van der Waals surface area (Å²) in [5.41, 5.74) is 0.914. The van der Waals surface area contributed by atoms with Crippen LogP contribution in [0.5, 0.6) is 0 Å². The minimum absolute atomic E-state index is 0.149. The highest BCUT2D eigenvalue weighted by Crippen LogP contribution is 2.12. The number of ether oxygens (including phenoxy) is 1. The van der Waals surface area contributed by atoms with Crippen LogP contribution in [0.25, 0.3) is 0 Å². The first-order chi connectivity index (χ1) is 8.61. The van der Waals surface area contributed by atoms with E-state index in [2.05, 4.69) is 4.72 Å². The predicted octanol–water partition coefficient (Wildman–Crippen LogP) is 0.767. The summed E-state index contributed by atoms with van der Waals surface area (Å²) in [5.74, 6) is -0.173. The molecule has 18 heavy (non-hydrogen) atoms. The fourth-order valence-electron chi connectivity index (χ4n) is 1.88. The second-order valence-corrected chi connectivity index (χ2v) is 5.96. The lowest BCUT2D eigenvalue weighted by molar-refractivity contribution is 0.192. The number of rotatable bonds is 4. The minimum Gasteiger partial charge on any atom is -0.380 e. The Morgan fingerprint density at radius 1 is 1.44 bits per heavy atom. The number of nitrogens with one attached hydrogen (secondary N) is 1. The Morgan fingerprint density at radius 3 is 2.89 bits per heavy atom. The maximum atomic E-state index is 11.9. The number of hydrogen-bond donors (Lipinski definition) is 1. The van der Waals surface area contributed by atoms with Crippen molar-refractivity contribution in [1.82, 2.24) is 4.72 Å². The molecule has 1 saturated heterocycles. The van der Waals surface area contributed by atoms with E-state index in [0.717, 1.165) is 0 Å². The summed E-state index contributed by atoms with van der Waals surface area (Å²) in [5, 5.41) is 8.91. The second kappa shape index (κ2) is 5.48. The summed E-state index contributed by atoms with van der Waals surface area (Å²) in [7, 11) is -3.43. The monoisotopic (exact) mass is 266 g/mol. The van der Waals surface area contributed by atoms with Crippen LogP contribution in [-0.2, 0) is 20.5 Å². The largest absolute Gasteiger partial charge is 0.380 e. The van der Waals surface area contributed by atoms with Crippen molar-refractivity contribution in [3.63, 3.8) is 0 Å². The Bertz CT molecular complexity index is 557. The predicted molar refractivity (Wildman–Crippen MR) is 66.1 cm³/mol. The lowest BCUT2D eigenvalue weighted by Crippen LogP contribution is -2.35.